The van der Waals surface area contributed by atoms with E-state index in [9.17, 15) is 0 Å². The lowest BCUT2D eigenvalue weighted by molar-refractivity contribution is 0.533. The molecule has 60 valence electrons. The van der Waals surface area contributed by atoms with Gasteiger partial charge in [0, 0.05) is 24.0 Å². The molecule has 0 amide bonds. The second-order valence-electron chi connectivity index (χ2n) is 3.66. The van der Waals surface area contributed by atoms with Crippen molar-refractivity contribution in [3.8, 4) is 0 Å². The van der Waals surface area contributed by atoms with Crippen molar-refractivity contribution in [3.63, 3.8) is 0 Å². The van der Waals surface area contributed by atoms with Gasteiger partial charge in [0.15, 0.2) is 0 Å². The fraction of sp³-hybridized carbons (Fsp3) is 1.00. The summed E-state index contributed by atoms with van der Waals surface area (Å²) in [5, 5.41) is 3.42. The molecule has 2 aliphatic rings. The summed E-state index contributed by atoms with van der Waals surface area (Å²) in [6, 6.07) is 1.22. The van der Waals surface area contributed by atoms with Crippen LogP contribution in [0.15, 0.2) is 0 Å². The lowest BCUT2D eigenvalue weighted by Crippen LogP contribution is -2.18. The predicted octanol–water partition coefficient (Wildman–Crippen LogP) is 0.507. The van der Waals surface area contributed by atoms with E-state index in [0.717, 1.165) is 6.54 Å². The summed E-state index contributed by atoms with van der Waals surface area (Å²) in [4.78, 5) is 0. The molecule has 1 saturated carbocycles. The Hall–Kier alpha value is 0.210. The number of hydrogen-bond donors (Lipinski definition) is 2. The summed E-state index contributed by atoms with van der Waals surface area (Å²) in [5.74, 6) is 0. The Kier molecular flexibility index (Phi) is 1.96. The maximum atomic E-state index is 5.78. The molecule has 0 aromatic rings. The van der Waals surface area contributed by atoms with Crippen molar-refractivity contribution in [2.45, 2.75) is 31.8 Å². The Bertz CT molecular complexity index is 138. The number of nitrogens with one attached hydrogen (secondary N) is 1. The van der Waals surface area contributed by atoms with Gasteiger partial charge in [-0.2, -0.15) is 0 Å². The van der Waals surface area contributed by atoms with Crippen LogP contribution in [0.25, 0.3) is 0 Å². The normalized spacial score (nSPS) is 51.0. The quantitative estimate of drug-likeness (QED) is 0.545. The zero-order chi connectivity index (χ0) is 6.48. The summed E-state index contributed by atoms with van der Waals surface area (Å²) in [6.45, 7) is 3.40. The molecule has 3 unspecified atom stereocenters. The van der Waals surface area contributed by atoms with Gasteiger partial charge in [0.05, 0.1) is 0 Å². The van der Waals surface area contributed by atoms with Crippen molar-refractivity contribution in [3.05, 3.63) is 0 Å². The van der Waals surface area contributed by atoms with Crippen LogP contribution in [0, 0.1) is 5.41 Å². The minimum atomic E-state index is 0. The molecule has 3 N–H and O–H groups in total. The average Bonchev–Trinajstić information content (AvgIpc) is 2.17. The van der Waals surface area contributed by atoms with Crippen molar-refractivity contribution < 1.29 is 0 Å². The molecule has 1 saturated heterocycles. The highest BCUT2D eigenvalue weighted by Crippen LogP contribution is 2.50. The average molecular weight is 163 g/mol. The zero-order valence-corrected chi connectivity index (χ0v) is 7.08. The van der Waals surface area contributed by atoms with Crippen LogP contribution in [0.4, 0.5) is 0 Å². The fourth-order valence-corrected chi connectivity index (χ4v) is 1.95. The lowest BCUT2D eigenvalue weighted by atomic mass is 10.0. The number of hydrogen-bond acceptors (Lipinski definition) is 2. The molecule has 2 fully saturated rings. The van der Waals surface area contributed by atoms with Gasteiger partial charge in [-0.1, -0.05) is 0 Å². The molecule has 1 spiro atoms. The van der Waals surface area contributed by atoms with Gasteiger partial charge < -0.3 is 11.1 Å². The maximum absolute atomic E-state index is 5.78. The number of nitrogens with two attached hydrogens (primary N) is 1. The molecule has 3 heteroatoms. The minimum absolute atomic E-state index is 0. The van der Waals surface area contributed by atoms with Crippen molar-refractivity contribution in [1.29, 1.82) is 0 Å². The van der Waals surface area contributed by atoms with Crippen LogP contribution in [-0.2, 0) is 0 Å². The topological polar surface area (TPSA) is 38.0 Å². The van der Waals surface area contributed by atoms with E-state index in [4.69, 9.17) is 5.73 Å². The Labute approximate surface area is 68.0 Å². The third kappa shape index (κ3) is 1.04. The molecule has 1 aliphatic carbocycles. The van der Waals surface area contributed by atoms with Gasteiger partial charge in [-0.3, -0.25) is 0 Å². The zero-order valence-electron chi connectivity index (χ0n) is 6.26. The molecule has 0 aromatic carbocycles. The van der Waals surface area contributed by atoms with Crippen LogP contribution >= 0.6 is 12.4 Å². The number of halogens is 1. The molecule has 2 nitrogen and oxygen atoms in total. The summed E-state index contributed by atoms with van der Waals surface area (Å²) < 4.78 is 0. The summed E-state index contributed by atoms with van der Waals surface area (Å²) in [7, 11) is 0. The maximum Gasteiger partial charge on any atom is 0.0115 e. The monoisotopic (exact) mass is 162 g/mol. The van der Waals surface area contributed by atoms with Crippen LogP contribution < -0.4 is 11.1 Å². The second-order valence-corrected chi connectivity index (χ2v) is 3.66. The summed E-state index contributed by atoms with van der Waals surface area (Å²) in [5.41, 5.74) is 6.33. The van der Waals surface area contributed by atoms with E-state index in [1.54, 1.807) is 0 Å². The van der Waals surface area contributed by atoms with Crippen LogP contribution in [0.3, 0.4) is 0 Å². The molecule has 10 heavy (non-hydrogen) atoms. The fourth-order valence-electron chi connectivity index (χ4n) is 1.95. The first-order valence-corrected chi connectivity index (χ1v) is 3.72. The first kappa shape index (κ1) is 8.31. The van der Waals surface area contributed by atoms with Gasteiger partial charge in [-0.25, -0.2) is 0 Å². The van der Waals surface area contributed by atoms with Crippen molar-refractivity contribution in [2.24, 2.45) is 11.1 Å². The van der Waals surface area contributed by atoms with E-state index >= 15 is 0 Å². The molecule has 0 radical (unpaired) electrons. The molecule has 1 aliphatic heterocycles. The minimum Gasteiger partial charge on any atom is -0.327 e. The smallest absolute Gasteiger partial charge is 0.0115 e. The SMILES string of the molecule is CC1CC2(CN1)CC2N.Cl. The second kappa shape index (κ2) is 2.36. The molecule has 2 rings (SSSR count). The van der Waals surface area contributed by atoms with Crippen molar-refractivity contribution in [1.82, 2.24) is 5.32 Å². The van der Waals surface area contributed by atoms with E-state index in [-0.39, 0.29) is 12.4 Å². The molecule has 1 heterocycles. The highest BCUT2D eigenvalue weighted by atomic mass is 35.5. The molecule has 3 atom stereocenters. The predicted molar refractivity (Wildman–Crippen MR) is 44.4 cm³/mol. The van der Waals surface area contributed by atoms with Gasteiger partial charge in [-0.15, -0.1) is 12.4 Å². The van der Waals surface area contributed by atoms with Gasteiger partial charge in [0.1, 0.15) is 0 Å². The first-order chi connectivity index (χ1) is 4.23. The van der Waals surface area contributed by atoms with Crippen LogP contribution in [0.1, 0.15) is 19.8 Å². The lowest BCUT2D eigenvalue weighted by Gasteiger charge is -2.02. The van der Waals surface area contributed by atoms with E-state index < -0.39 is 0 Å². The highest BCUT2D eigenvalue weighted by Gasteiger charge is 2.54. The summed E-state index contributed by atoms with van der Waals surface area (Å²) in [6.07, 6.45) is 2.55. The first-order valence-electron chi connectivity index (χ1n) is 3.72. The van der Waals surface area contributed by atoms with Crippen LogP contribution in [0.5, 0.6) is 0 Å². The molecular weight excluding hydrogens is 148 g/mol. The van der Waals surface area contributed by atoms with Crippen molar-refractivity contribution >= 4 is 12.4 Å². The summed E-state index contributed by atoms with van der Waals surface area (Å²) >= 11 is 0. The number of rotatable bonds is 0. The highest BCUT2D eigenvalue weighted by molar-refractivity contribution is 5.85. The Morgan fingerprint density at radius 3 is 2.30 bits per heavy atom. The van der Waals surface area contributed by atoms with E-state index in [1.807, 2.05) is 0 Å². The Balaban J connectivity index is 0.000000500. The molecule has 0 aromatic heterocycles. The van der Waals surface area contributed by atoms with Crippen molar-refractivity contribution in [2.75, 3.05) is 6.54 Å². The molecule has 0 bridgehead atoms. The van der Waals surface area contributed by atoms with Gasteiger partial charge in [0.2, 0.25) is 0 Å². The van der Waals surface area contributed by atoms with E-state index in [2.05, 4.69) is 12.2 Å². The Morgan fingerprint density at radius 2 is 2.10 bits per heavy atom. The van der Waals surface area contributed by atoms with Crippen LogP contribution in [-0.4, -0.2) is 18.6 Å². The van der Waals surface area contributed by atoms with Gasteiger partial charge in [0.25, 0.3) is 0 Å². The third-order valence-corrected chi connectivity index (χ3v) is 2.77. The third-order valence-electron chi connectivity index (χ3n) is 2.77. The van der Waals surface area contributed by atoms with Gasteiger partial charge in [-0.05, 0) is 19.8 Å². The largest absolute Gasteiger partial charge is 0.327 e. The van der Waals surface area contributed by atoms with E-state index in [0.29, 0.717) is 17.5 Å². The standard InChI is InChI=1S/C7H14N2.ClH/c1-5-2-7(4-9-5)3-6(7)8;/h5-6,9H,2-4,8H2,1H3;1H. The molecular formula is C7H15ClN2. The van der Waals surface area contributed by atoms with E-state index in [1.165, 1.54) is 12.8 Å². The Morgan fingerprint density at radius 1 is 1.50 bits per heavy atom. The van der Waals surface area contributed by atoms with Crippen LogP contribution in [0.2, 0.25) is 0 Å². The van der Waals surface area contributed by atoms with Gasteiger partial charge >= 0.3 is 0 Å².